The van der Waals surface area contributed by atoms with Crippen molar-refractivity contribution >= 4 is 11.6 Å². The summed E-state index contributed by atoms with van der Waals surface area (Å²) in [6, 6.07) is 4.23. The topological polar surface area (TPSA) is 102 Å². The molecule has 2 N–H and O–H groups in total. The minimum absolute atomic E-state index is 0.0222. The quantitative estimate of drug-likeness (QED) is 0.582. The second-order valence-electron chi connectivity index (χ2n) is 4.08. The van der Waals surface area contributed by atoms with Crippen molar-refractivity contribution < 1.29 is 19.6 Å². The number of ether oxygens (including phenoxy) is 1. The molecule has 1 atom stereocenters. The number of methoxy groups -OCH3 is 1. The molecule has 7 nitrogen and oxygen atoms in total. The van der Waals surface area contributed by atoms with Crippen LogP contribution in [0, 0.1) is 17.0 Å². The van der Waals surface area contributed by atoms with Gasteiger partial charge in [0.1, 0.15) is 0 Å². The summed E-state index contributed by atoms with van der Waals surface area (Å²) in [5.41, 5.74) is 0.563. The molecule has 1 rings (SSSR count). The molecule has 0 aliphatic carbocycles. The monoisotopic (exact) mass is 268 g/mol. The van der Waals surface area contributed by atoms with Gasteiger partial charge in [-0.25, -0.2) is 0 Å². The van der Waals surface area contributed by atoms with Crippen molar-refractivity contribution in [1.82, 2.24) is 5.32 Å². The molecule has 1 aromatic carbocycles. The third-order valence-corrected chi connectivity index (χ3v) is 2.53. The zero-order chi connectivity index (χ0) is 14.4. The number of nitro benzene ring substituents is 1. The Bertz CT molecular complexity index is 475. The molecule has 7 heteroatoms. The highest BCUT2D eigenvalue weighted by atomic mass is 16.6. The normalized spacial score (nSPS) is 11.9. The summed E-state index contributed by atoms with van der Waals surface area (Å²) in [5, 5.41) is 22.6. The van der Waals surface area contributed by atoms with Gasteiger partial charge in [0, 0.05) is 30.8 Å². The Labute approximate surface area is 110 Å². The average molecular weight is 268 g/mol. The number of benzene rings is 1. The van der Waals surface area contributed by atoms with E-state index in [4.69, 9.17) is 4.74 Å². The number of nitro groups is 1. The number of aliphatic hydroxyl groups excluding tert-OH is 1. The average Bonchev–Trinajstić information content (AvgIpc) is 2.36. The number of hydrogen-bond acceptors (Lipinski definition) is 5. The maximum atomic E-state index is 11.8. The highest BCUT2D eigenvalue weighted by Crippen LogP contribution is 2.19. The largest absolute Gasteiger partial charge is 0.389 e. The molecule has 1 aromatic rings. The van der Waals surface area contributed by atoms with Gasteiger partial charge < -0.3 is 15.2 Å². The van der Waals surface area contributed by atoms with Crippen LogP contribution in [0.4, 0.5) is 5.69 Å². The van der Waals surface area contributed by atoms with E-state index in [1.165, 1.54) is 25.3 Å². The van der Waals surface area contributed by atoms with E-state index < -0.39 is 16.9 Å². The summed E-state index contributed by atoms with van der Waals surface area (Å²) < 4.78 is 4.72. The van der Waals surface area contributed by atoms with Gasteiger partial charge in [-0.2, -0.15) is 0 Å². The van der Waals surface area contributed by atoms with Crippen LogP contribution in [0.5, 0.6) is 0 Å². The molecule has 1 amide bonds. The first-order valence-corrected chi connectivity index (χ1v) is 5.66. The Kier molecular flexibility index (Phi) is 5.40. The smallest absolute Gasteiger partial charge is 0.273 e. The fourth-order valence-corrected chi connectivity index (χ4v) is 1.51. The molecule has 0 saturated heterocycles. The fourth-order valence-electron chi connectivity index (χ4n) is 1.51. The Morgan fingerprint density at radius 2 is 2.26 bits per heavy atom. The van der Waals surface area contributed by atoms with Gasteiger partial charge in [0.05, 0.1) is 17.6 Å². The van der Waals surface area contributed by atoms with Crippen molar-refractivity contribution in [2.45, 2.75) is 13.0 Å². The minimum Gasteiger partial charge on any atom is -0.389 e. The number of hydrogen-bond donors (Lipinski definition) is 2. The zero-order valence-electron chi connectivity index (χ0n) is 10.8. The first kappa shape index (κ1) is 15.1. The maximum Gasteiger partial charge on any atom is 0.273 e. The number of carbonyl (C=O) groups excluding carboxylic acids is 1. The molecule has 0 aliphatic rings. The van der Waals surface area contributed by atoms with Crippen LogP contribution in [0.25, 0.3) is 0 Å². The number of amides is 1. The maximum absolute atomic E-state index is 11.8. The van der Waals surface area contributed by atoms with Gasteiger partial charge in [-0.05, 0) is 13.0 Å². The van der Waals surface area contributed by atoms with Crippen LogP contribution >= 0.6 is 0 Å². The van der Waals surface area contributed by atoms with Crippen LogP contribution in [0.2, 0.25) is 0 Å². The van der Waals surface area contributed by atoms with E-state index in [2.05, 4.69) is 5.32 Å². The number of carbonyl (C=O) groups is 1. The number of aliphatic hydroxyl groups is 1. The lowest BCUT2D eigenvalue weighted by Gasteiger charge is -2.10. The first-order chi connectivity index (χ1) is 8.95. The lowest BCUT2D eigenvalue weighted by molar-refractivity contribution is -0.385. The van der Waals surface area contributed by atoms with Crippen molar-refractivity contribution in [3.05, 3.63) is 39.4 Å². The van der Waals surface area contributed by atoms with Gasteiger partial charge in [0.25, 0.3) is 11.6 Å². The molecule has 0 aliphatic heterocycles. The first-order valence-electron chi connectivity index (χ1n) is 5.66. The predicted octanol–water partition coefficient (Wildman–Crippen LogP) is 0.640. The molecule has 0 heterocycles. The molecule has 1 unspecified atom stereocenters. The zero-order valence-corrected chi connectivity index (χ0v) is 10.8. The van der Waals surface area contributed by atoms with E-state index >= 15 is 0 Å². The lowest BCUT2D eigenvalue weighted by atomic mass is 10.1. The Hall–Kier alpha value is -1.99. The predicted molar refractivity (Wildman–Crippen MR) is 68.0 cm³/mol. The third-order valence-electron chi connectivity index (χ3n) is 2.53. The van der Waals surface area contributed by atoms with Crippen LogP contribution in [0.3, 0.4) is 0 Å². The van der Waals surface area contributed by atoms with Crippen LogP contribution in [-0.4, -0.2) is 42.3 Å². The van der Waals surface area contributed by atoms with Gasteiger partial charge in [0.2, 0.25) is 0 Å². The van der Waals surface area contributed by atoms with Crippen LogP contribution < -0.4 is 5.32 Å². The van der Waals surface area contributed by atoms with Crippen molar-refractivity contribution in [2.75, 3.05) is 20.3 Å². The van der Waals surface area contributed by atoms with Gasteiger partial charge in [-0.1, -0.05) is 6.07 Å². The highest BCUT2D eigenvalue weighted by Gasteiger charge is 2.15. The van der Waals surface area contributed by atoms with E-state index in [9.17, 15) is 20.0 Å². The van der Waals surface area contributed by atoms with Crippen molar-refractivity contribution in [3.8, 4) is 0 Å². The van der Waals surface area contributed by atoms with E-state index in [0.717, 1.165) is 0 Å². The van der Waals surface area contributed by atoms with Crippen LogP contribution in [-0.2, 0) is 4.74 Å². The Morgan fingerprint density at radius 3 is 2.84 bits per heavy atom. The van der Waals surface area contributed by atoms with Gasteiger partial charge in [0.15, 0.2) is 0 Å². The Morgan fingerprint density at radius 1 is 1.58 bits per heavy atom. The van der Waals surface area contributed by atoms with Crippen molar-refractivity contribution in [3.63, 3.8) is 0 Å². The molecule has 19 heavy (non-hydrogen) atoms. The Balaban J connectivity index is 2.72. The molecule has 0 aromatic heterocycles. The third kappa shape index (κ3) is 4.31. The number of nitrogens with zero attached hydrogens (tertiary/aromatic N) is 1. The molecule has 0 fully saturated rings. The van der Waals surface area contributed by atoms with Gasteiger partial charge in [-0.3, -0.25) is 14.9 Å². The van der Waals surface area contributed by atoms with E-state index in [0.29, 0.717) is 5.56 Å². The fraction of sp³-hybridized carbons (Fsp3) is 0.417. The summed E-state index contributed by atoms with van der Waals surface area (Å²) >= 11 is 0. The molecular weight excluding hydrogens is 252 g/mol. The second-order valence-corrected chi connectivity index (χ2v) is 4.08. The molecule has 104 valence electrons. The molecule has 0 saturated carbocycles. The van der Waals surface area contributed by atoms with E-state index in [1.54, 1.807) is 6.92 Å². The second kappa shape index (κ2) is 6.81. The molecule has 0 bridgehead atoms. The number of nitrogens with one attached hydrogen (secondary N) is 1. The summed E-state index contributed by atoms with van der Waals surface area (Å²) in [6.07, 6.45) is -0.811. The SMILES string of the molecule is COCC(O)CNC(=O)c1ccc(C)c([N+](=O)[O-])c1. The molecule has 0 spiro atoms. The highest BCUT2D eigenvalue weighted by molar-refractivity contribution is 5.95. The molecule has 0 radical (unpaired) electrons. The van der Waals surface area contributed by atoms with E-state index in [1.807, 2.05) is 0 Å². The number of aryl methyl sites for hydroxylation is 1. The minimum atomic E-state index is -0.811. The lowest BCUT2D eigenvalue weighted by Crippen LogP contribution is -2.34. The van der Waals surface area contributed by atoms with Gasteiger partial charge in [-0.15, -0.1) is 0 Å². The van der Waals surface area contributed by atoms with Gasteiger partial charge >= 0.3 is 0 Å². The summed E-state index contributed by atoms with van der Waals surface area (Å²) in [4.78, 5) is 22.0. The van der Waals surface area contributed by atoms with Crippen LogP contribution in [0.15, 0.2) is 18.2 Å². The summed E-state index contributed by atoms with van der Waals surface area (Å²) in [6.45, 7) is 1.73. The van der Waals surface area contributed by atoms with Crippen molar-refractivity contribution in [1.29, 1.82) is 0 Å². The standard InChI is InChI=1S/C12H16N2O5/c1-8-3-4-9(5-11(8)14(17)18)12(16)13-6-10(15)7-19-2/h3-5,10,15H,6-7H2,1-2H3,(H,13,16). The van der Waals surface area contributed by atoms with E-state index in [-0.39, 0.29) is 24.4 Å². The number of rotatable bonds is 6. The summed E-state index contributed by atoms with van der Waals surface area (Å²) in [5.74, 6) is -0.474. The summed E-state index contributed by atoms with van der Waals surface area (Å²) in [7, 11) is 1.44. The van der Waals surface area contributed by atoms with Crippen molar-refractivity contribution in [2.24, 2.45) is 0 Å². The molecular formula is C12H16N2O5. The van der Waals surface area contributed by atoms with Crippen LogP contribution in [0.1, 0.15) is 15.9 Å².